The Hall–Kier alpha value is -2.02. The van der Waals surface area contributed by atoms with Crippen LogP contribution >= 0.6 is 23.4 Å². The van der Waals surface area contributed by atoms with E-state index in [-0.39, 0.29) is 12.4 Å². The van der Waals surface area contributed by atoms with Crippen LogP contribution in [0.25, 0.3) is 10.9 Å². The lowest BCUT2D eigenvalue weighted by molar-refractivity contribution is -0.0168. The van der Waals surface area contributed by atoms with Crippen LogP contribution in [0.3, 0.4) is 0 Å². The molecule has 0 aliphatic carbocycles. The van der Waals surface area contributed by atoms with Gasteiger partial charge < -0.3 is 9.47 Å². The van der Waals surface area contributed by atoms with E-state index in [4.69, 9.17) is 21.1 Å². The van der Waals surface area contributed by atoms with Crippen molar-refractivity contribution in [3.63, 3.8) is 0 Å². The largest absolute Gasteiger partial charge is 0.467 e. The average Bonchev–Trinajstić information content (AvgIpc) is 2.63. The van der Waals surface area contributed by atoms with Crippen molar-refractivity contribution in [3.8, 4) is 5.75 Å². The van der Waals surface area contributed by atoms with Crippen LogP contribution in [0.1, 0.15) is 16.7 Å². The molecule has 0 bridgehead atoms. The molecule has 0 saturated heterocycles. The van der Waals surface area contributed by atoms with E-state index in [1.165, 1.54) is 11.8 Å². The van der Waals surface area contributed by atoms with Gasteiger partial charge in [-0.2, -0.15) is 0 Å². The van der Waals surface area contributed by atoms with Crippen LogP contribution in [-0.2, 0) is 24.1 Å². The van der Waals surface area contributed by atoms with E-state index in [0.29, 0.717) is 33.4 Å². The Morgan fingerprint density at radius 1 is 1.31 bits per heavy atom. The Labute approximate surface area is 159 Å². The fraction of sp³-hybridized carbons (Fsp3) is 0.263. The number of benzene rings is 2. The zero-order valence-corrected chi connectivity index (χ0v) is 16.0. The van der Waals surface area contributed by atoms with Crippen LogP contribution in [0.2, 0.25) is 5.02 Å². The lowest BCUT2D eigenvalue weighted by Gasteiger charge is -2.21. The van der Waals surface area contributed by atoms with Crippen LogP contribution < -0.4 is 10.3 Å². The number of hydrogen-bond donors (Lipinski definition) is 0. The number of halogens is 1. The normalized spacial score (nSPS) is 13.5. The molecule has 3 aromatic rings. The third-order valence-corrected chi connectivity index (χ3v) is 5.60. The van der Waals surface area contributed by atoms with Crippen LogP contribution in [0.15, 0.2) is 40.3 Å². The molecule has 2 heterocycles. The Balaban J connectivity index is 1.69. The standard InChI is InChI=1S/C19H17ClN2O3S/c1-11-3-4-16-15(5-11)18(23)22(2)19(21-16)26-9-13-7-14(20)6-12-8-24-10-25-17(12)13/h3-7H,8-10H2,1-2H3. The van der Waals surface area contributed by atoms with E-state index < -0.39 is 0 Å². The minimum absolute atomic E-state index is 0.0426. The second-order valence-electron chi connectivity index (χ2n) is 6.23. The van der Waals surface area contributed by atoms with E-state index in [9.17, 15) is 4.79 Å². The molecule has 0 unspecified atom stereocenters. The van der Waals surface area contributed by atoms with Crippen molar-refractivity contribution in [2.75, 3.05) is 6.79 Å². The van der Waals surface area contributed by atoms with Crippen LogP contribution in [0.4, 0.5) is 0 Å². The van der Waals surface area contributed by atoms with Crippen LogP contribution in [0.5, 0.6) is 5.75 Å². The Morgan fingerprint density at radius 2 is 2.15 bits per heavy atom. The summed E-state index contributed by atoms with van der Waals surface area (Å²) >= 11 is 7.71. The van der Waals surface area contributed by atoms with Crippen LogP contribution in [0, 0.1) is 6.92 Å². The van der Waals surface area contributed by atoms with E-state index >= 15 is 0 Å². The molecule has 0 amide bonds. The number of fused-ring (bicyclic) bond motifs is 2. The first-order valence-electron chi connectivity index (χ1n) is 8.15. The smallest absolute Gasteiger partial charge is 0.261 e. The summed E-state index contributed by atoms with van der Waals surface area (Å²) in [5.74, 6) is 1.41. The molecule has 0 saturated carbocycles. The van der Waals surface area contributed by atoms with E-state index in [1.54, 1.807) is 11.6 Å². The first-order valence-corrected chi connectivity index (χ1v) is 9.51. The fourth-order valence-electron chi connectivity index (χ4n) is 3.00. The average molecular weight is 389 g/mol. The van der Waals surface area contributed by atoms with Crippen molar-refractivity contribution < 1.29 is 9.47 Å². The van der Waals surface area contributed by atoms with E-state index in [0.717, 1.165) is 22.4 Å². The maximum Gasteiger partial charge on any atom is 0.261 e. The Bertz CT molecular complexity index is 1060. The zero-order chi connectivity index (χ0) is 18.3. The molecule has 0 spiro atoms. The predicted molar refractivity (Wildman–Crippen MR) is 103 cm³/mol. The summed E-state index contributed by atoms with van der Waals surface area (Å²) in [5.41, 5.74) is 3.62. The summed E-state index contributed by atoms with van der Waals surface area (Å²) in [6, 6.07) is 9.47. The van der Waals surface area contributed by atoms with Gasteiger partial charge in [-0.15, -0.1) is 0 Å². The highest BCUT2D eigenvalue weighted by atomic mass is 35.5. The topological polar surface area (TPSA) is 53.4 Å². The van der Waals surface area contributed by atoms with E-state index in [1.807, 2.05) is 37.3 Å². The van der Waals surface area contributed by atoms with Crippen molar-refractivity contribution in [3.05, 3.63) is 62.4 Å². The third-order valence-electron chi connectivity index (χ3n) is 4.30. The number of rotatable bonds is 3. The number of thioether (sulfide) groups is 1. The van der Waals surface area contributed by atoms with Crippen LogP contribution in [-0.4, -0.2) is 16.3 Å². The zero-order valence-electron chi connectivity index (χ0n) is 14.4. The predicted octanol–water partition coefficient (Wildman–Crippen LogP) is 4.05. The molecular formula is C19H17ClN2O3S. The number of nitrogens with zero attached hydrogens (tertiary/aromatic N) is 2. The van der Waals surface area contributed by atoms with E-state index in [2.05, 4.69) is 4.98 Å². The molecule has 5 nitrogen and oxygen atoms in total. The second kappa shape index (κ2) is 6.95. The molecule has 134 valence electrons. The lowest BCUT2D eigenvalue weighted by atomic mass is 10.1. The minimum Gasteiger partial charge on any atom is -0.467 e. The molecule has 4 rings (SSSR count). The third kappa shape index (κ3) is 3.20. The summed E-state index contributed by atoms with van der Waals surface area (Å²) in [4.78, 5) is 17.3. The molecule has 0 fully saturated rings. The number of aromatic nitrogens is 2. The molecule has 0 atom stereocenters. The number of hydrogen-bond acceptors (Lipinski definition) is 5. The van der Waals surface area contributed by atoms with Gasteiger partial charge in [-0.05, 0) is 31.2 Å². The van der Waals surface area contributed by atoms with Crippen molar-refractivity contribution in [1.82, 2.24) is 9.55 Å². The first-order chi connectivity index (χ1) is 12.5. The molecule has 0 radical (unpaired) electrons. The van der Waals surface area contributed by atoms with Crippen molar-refractivity contribution in [1.29, 1.82) is 0 Å². The lowest BCUT2D eigenvalue weighted by Crippen LogP contribution is -2.20. The monoisotopic (exact) mass is 388 g/mol. The SMILES string of the molecule is Cc1ccc2nc(SCc3cc(Cl)cc4c3OCOC4)n(C)c(=O)c2c1. The first kappa shape index (κ1) is 17.4. The molecule has 1 aromatic heterocycles. The highest BCUT2D eigenvalue weighted by molar-refractivity contribution is 7.98. The van der Waals surface area contributed by atoms with Gasteiger partial charge in [0.25, 0.3) is 5.56 Å². The van der Waals surface area contributed by atoms with Gasteiger partial charge in [-0.25, -0.2) is 4.98 Å². The molecule has 0 N–H and O–H groups in total. The molecular weight excluding hydrogens is 372 g/mol. The van der Waals surface area contributed by atoms with Gasteiger partial charge in [0.2, 0.25) is 0 Å². The van der Waals surface area contributed by atoms with Gasteiger partial charge in [-0.1, -0.05) is 35.0 Å². The van der Waals surface area contributed by atoms with Crippen molar-refractivity contribution in [2.45, 2.75) is 24.4 Å². The Kier molecular flexibility index (Phi) is 4.65. The van der Waals surface area contributed by atoms with Gasteiger partial charge in [0.15, 0.2) is 11.9 Å². The van der Waals surface area contributed by atoms with Gasteiger partial charge in [-0.3, -0.25) is 9.36 Å². The molecule has 26 heavy (non-hydrogen) atoms. The maximum atomic E-state index is 12.6. The molecule has 1 aliphatic heterocycles. The van der Waals surface area contributed by atoms with Gasteiger partial charge in [0.05, 0.1) is 17.5 Å². The molecule has 2 aromatic carbocycles. The van der Waals surface area contributed by atoms with Gasteiger partial charge >= 0.3 is 0 Å². The summed E-state index contributed by atoms with van der Waals surface area (Å²) in [7, 11) is 1.75. The molecule has 7 heteroatoms. The summed E-state index contributed by atoms with van der Waals surface area (Å²) in [6.45, 7) is 2.69. The van der Waals surface area contributed by atoms with Gasteiger partial charge in [0, 0.05) is 29.0 Å². The van der Waals surface area contributed by atoms with Gasteiger partial charge in [0.1, 0.15) is 5.75 Å². The van der Waals surface area contributed by atoms with Crippen molar-refractivity contribution >= 4 is 34.3 Å². The summed E-state index contributed by atoms with van der Waals surface area (Å²) < 4.78 is 12.6. The maximum absolute atomic E-state index is 12.6. The quantitative estimate of drug-likeness (QED) is 0.500. The Morgan fingerprint density at radius 3 is 3.00 bits per heavy atom. The highest BCUT2D eigenvalue weighted by Gasteiger charge is 2.17. The fourth-order valence-corrected chi connectivity index (χ4v) is 4.20. The summed E-state index contributed by atoms with van der Waals surface area (Å²) in [5, 5.41) is 1.94. The highest BCUT2D eigenvalue weighted by Crippen LogP contribution is 2.35. The minimum atomic E-state index is -0.0426. The second-order valence-corrected chi connectivity index (χ2v) is 7.61. The number of aryl methyl sites for hydroxylation is 1. The molecule has 1 aliphatic rings. The number of ether oxygens (including phenoxy) is 2. The summed E-state index contributed by atoms with van der Waals surface area (Å²) in [6.07, 6.45) is 0. The van der Waals surface area contributed by atoms with Crippen molar-refractivity contribution in [2.24, 2.45) is 7.05 Å².